The maximum absolute atomic E-state index is 13.0. The van der Waals surface area contributed by atoms with Crippen molar-refractivity contribution < 1.29 is 27.8 Å². The third kappa shape index (κ3) is 4.26. The van der Waals surface area contributed by atoms with Crippen molar-refractivity contribution in [3.63, 3.8) is 0 Å². The Kier molecular flexibility index (Phi) is 5.56. The Morgan fingerprint density at radius 3 is 1.81 bits per heavy atom. The van der Waals surface area contributed by atoms with Gasteiger partial charge in [-0.2, -0.15) is 13.2 Å². The average Bonchev–Trinajstić information content (AvgIpc) is 2.59. The van der Waals surface area contributed by atoms with E-state index in [1.807, 2.05) is 0 Å². The fraction of sp³-hybridized carbons (Fsp3) is 0.533. The van der Waals surface area contributed by atoms with Gasteiger partial charge in [-0.05, 0) is 0 Å². The third-order valence-corrected chi connectivity index (χ3v) is 4.19. The molecule has 0 N–H and O–H groups in total. The molecular weight excluding hydrogens is 373 g/mol. The van der Waals surface area contributed by atoms with Crippen molar-refractivity contribution in [3.05, 3.63) is 37.9 Å². The van der Waals surface area contributed by atoms with Crippen molar-refractivity contribution in [3.8, 4) is 0 Å². The van der Waals surface area contributed by atoms with E-state index in [1.54, 1.807) is 13.8 Å². The number of carbonyl (C=O) groups excluding carboxylic acids is 1. The number of alkyl halides is 3. The topological polar surface area (TPSA) is 110 Å². The molecule has 1 aromatic rings. The predicted molar refractivity (Wildman–Crippen MR) is 88.4 cm³/mol. The first kappa shape index (κ1) is 20.4. The number of amides is 1. The Labute approximate surface area is 151 Å². The molecule has 1 heterocycles. The SMILES string of the molecule is CC(C)C(=O)N1CCN(c2c([N+](=O)[O-])cc(C(F)(F)F)cc2[N+](=O)[O-])CC1. The van der Waals surface area contributed by atoms with Gasteiger partial charge < -0.3 is 9.80 Å². The minimum absolute atomic E-state index is 0.0332. The number of nitro groups is 2. The number of hydrogen-bond acceptors (Lipinski definition) is 6. The molecule has 1 saturated heterocycles. The van der Waals surface area contributed by atoms with Crippen LogP contribution in [0.2, 0.25) is 0 Å². The van der Waals surface area contributed by atoms with Crippen LogP contribution in [0.1, 0.15) is 19.4 Å². The van der Waals surface area contributed by atoms with Crippen molar-refractivity contribution in [2.75, 3.05) is 31.1 Å². The summed E-state index contributed by atoms with van der Waals surface area (Å²) in [6, 6.07) is 0.599. The maximum atomic E-state index is 13.0. The summed E-state index contributed by atoms with van der Waals surface area (Å²) in [5.74, 6) is -0.391. The second kappa shape index (κ2) is 7.37. The van der Waals surface area contributed by atoms with Gasteiger partial charge >= 0.3 is 6.18 Å². The van der Waals surface area contributed by atoms with E-state index >= 15 is 0 Å². The molecule has 0 saturated carbocycles. The van der Waals surface area contributed by atoms with Crippen LogP contribution < -0.4 is 4.90 Å². The number of hydrogen-bond donors (Lipinski definition) is 0. The fourth-order valence-electron chi connectivity index (χ4n) is 2.89. The van der Waals surface area contributed by atoms with Gasteiger partial charge in [0.1, 0.15) is 0 Å². The molecule has 0 unspecified atom stereocenters. The van der Waals surface area contributed by atoms with Gasteiger partial charge in [-0.25, -0.2) is 0 Å². The largest absolute Gasteiger partial charge is 0.416 e. The van der Waals surface area contributed by atoms with Gasteiger partial charge in [0, 0.05) is 44.2 Å². The molecular formula is C15H17F3N4O5. The third-order valence-electron chi connectivity index (χ3n) is 4.19. The van der Waals surface area contributed by atoms with Crippen molar-refractivity contribution in [2.24, 2.45) is 5.92 Å². The van der Waals surface area contributed by atoms with E-state index in [1.165, 1.54) is 9.80 Å². The number of benzene rings is 1. The Morgan fingerprint density at radius 1 is 1.04 bits per heavy atom. The van der Waals surface area contributed by atoms with Crippen molar-refractivity contribution in [1.82, 2.24) is 4.90 Å². The van der Waals surface area contributed by atoms with Crippen molar-refractivity contribution >= 4 is 23.0 Å². The molecule has 0 spiro atoms. The lowest BCUT2D eigenvalue weighted by atomic mass is 10.1. The summed E-state index contributed by atoms with van der Waals surface area (Å²) in [4.78, 5) is 35.3. The summed E-state index contributed by atoms with van der Waals surface area (Å²) in [6.07, 6.45) is -4.96. The van der Waals surface area contributed by atoms with Crippen LogP contribution in [0, 0.1) is 26.1 Å². The Morgan fingerprint density at radius 2 is 1.48 bits per heavy atom. The molecule has 0 aliphatic carbocycles. The number of rotatable bonds is 4. The second-order valence-corrected chi connectivity index (χ2v) is 6.34. The molecule has 1 amide bonds. The predicted octanol–water partition coefficient (Wildman–Crippen LogP) is 2.83. The van der Waals surface area contributed by atoms with E-state index in [9.17, 15) is 38.2 Å². The molecule has 1 aliphatic rings. The molecule has 1 aliphatic heterocycles. The highest BCUT2D eigenvalue weighted by Crippen LogP contribution is 2.43. The standard InChI is InChI=1S/C15H17F3N4O5/c1-9(2)14(23)20-5-3-19(4-6-20)13-11(21(24)25)7-10(15(16,17)18)8-12(13)22(26)27/h7-9H,3-6H2,1-2H3. The van der Waals surface area contributed by atoms with E-state index in [2.05, 4.69) is 0 Å². The van der Waals surface area contributed by atoms with Crippen LogP contribution in [0.25, 0.3) is 0 Å². The number of nitro benzene ring substituents is 2. The molecule has 0 radical (unpaired) electrons. The molecule has 1 fully saturated rings. The fourth-order valence-corrected chi connectivity index (χ4v) is 2.89. The Bertz CT molecular complexity index is 738. The van der Waals surface area contributed by atoms with Crippen molar-refractivity contribution in [2.45, 2.75) is 20.0 Å². The first-order valence-corrected chi connectivity index (χ1v) is 8.01. The number of anilines is 1. The van der Waals surface area contributed by atoms with Crippen LogP contribution in [0.15, 0.2) is 12.1 Å². The van der Waals surface area contributed by atoms with Gasteiger partial charge in [0.25, 0.3) is 11.4 Å². The van der Waals surface area contributed by atoms with Crippen LogP contribution in [-0.4, -0.2) is 46.8 Å². The molecule has 0 bridgehead atoms. The lowest BCUT2D eigenvalue weighted by molar-refractivity contribution is -0.393. The molecule has 9 nitrogen and oxygen atoms in total. The van der Waals surface area contributed by atoms with Gasteiger partial charge in [-0.3, -0.25) is 25.0 Å². The highest BCUT2D eigenvalue weighted by molar-refractivity contribution is 5.79. The first-order chi connectivity index (χ1) is 12.4. The normalized spacial score (nSPS) is 15.2. The van der Waals surface area contributed by atoms with Gasteiger partial charge in [-0.15, -0.1) is 0 Å². The lowest BCUT2D eigenvalue weighted by Crippen LogP contribution is -2.50. The first-order valence-electron chi connectivity index (χ1n) is 8.01. The molecule has 0 aromatic heterocycles. The minimum atomic E-state index is -4.96. The van der Waals surface area contributed by atoms with E-state index < -0.39 is 38.6 Å². The summed E-state index contributed by atoms with van der Waals surface area (Å²) in [5, 5.41) is 22.6. The number of carbonyl (C=O) groups is 1. The van der Waals surface area contributed by atoms with Crippen LogP contribution in [0.4, 0.5) is 30.2 Å². The maximum Gasteiger partial charge on any atom is 0.416 e. The number of nitrogens with zero attached hydrogens (tertiary/aromatic N) is 4. The average molecular weight is 390 g/mol. The van der Waals surface area contributed by atoms with E-state index in [0.717, 1.165) is 0 Å². The minimum Gasteiger partial charge on any atom is -0.357 e. The molecule has 2 rings (SSSR count). The molecule has 12 heteroatoms. The quantitative estimate of drug-likeness (QED) is 0.578. The van der Waals surface area contributed by atoms with Crippen LogP contribution in [0.5, 0.6) is 0 Å². The highest BCUT2D eigenvalue weighted by atomic mass is 19.4. The van der Waals surface area contributed by atoms with Crippen LogP contribution >= 0.6 is 0 Å². The van der Waals surface area contributed by atoms with Crippen LogP contribution in [0.3, 0.4) is 0 Å². The summed E-state index contributed by atoms with van der Waals surface area (Å²) < 4.78 is 38.9. The number of piperazine rings is 1. The monoisotopic (exact) mass is 390 g/mol. The molecule has 0 atom stereocenters. The highest BCUT2D eigenvalue weighted by Gasteiger charge is 2.40. The molecule has 1 aromatic carbocycles. The lowest BCUT2D eigenvalue weighted by Gasteiger charge is -2.36. The molecule has 27 heavy (non-hydrogen) atoms. The summed E-state index contributed by atoms with van der Waals surface area (Å²) in [7, 11) is 0. The van der Waals surface area contributed by atoms with Gasteiger partial charge in [0.15, 0.2) is 5.69 Å². The van der Waals surface area contributed by atoms with E-state index in [0.29, 0.717) is 12.1 Å². The van der Waals surface area contributed by atoms with Crippen molar-refractivity contribution in [1.29, 1.82) is 0 Å². The zero-order valence-electron chi connectivity index (χ0n) is 14.5. The van der Waals surface area contributed by atoms with Gasteiger partial charge in [0.05, 0.1) is 15.4 Å². The van der Waals surface area contributed by atoms with E-state index in [4.69, 9.17) is 0 Å². The zero-order chi connectivity index (χ0) is 20.5. The van der Waals surface area contributed by atoms with Crippen LogP contribution in [-0.2, 0) is 11.0 Å². The second-order valence-electron chi connectivity index (χ2n) is 6.34. The smallest absolute Gasteiger partial charge is 0.357 e. The van der Waals surface area contributed by atoms with E-state index in [-0.39, 0.29) is 38.0 Å². The summed E-state index contributed by atoms with van der Waals surface area (Å²) in [6.45, 7) is 3.80. The molecule has 148 valence electrons. The number of halogens is 3. The summed E-state index contributed by atoms with van der Waals surface area (Å²) >= 11 is 0. The summed E-state index contributed by atoms with van der Waals surface area (Å²) in [5.41, 5.74) is -3.91. The zero-order valence-corrected chi connectivity index (χ0v) is 14.5. The van der Waals surface area contributed by atoms with Gasteiger partial charge in [-0.1, -0.05) is 13.8 Å². The Balaban J connectivity index is 2.46. The van der Waals surface area contributed by atoms with Gasteiger partial charge in [0.2, 0.25) is 5.91 Å². The Hall–Kier alpha value is -2.92.